The SMILES string of the molecule is Cc1nc(CNc2ccc(F)c(Cl)c2)no1. The zero-order valence-corrected chi connectivity index (χ0v) is 9.25. The first-order valence-corrected chi connectivity index (χ1v) is 5.01. The number of halogens is 2. The van der Waals surface area contributed by atoms with Crippen LogP contribution in [0.4, 0.5) is 10.1 Å². The molecule has 4 nitrogen and oxygen atoms in total. The monoisotopic (exact) mass is 241 g/mol. The lowest BCUT2D eigenvalue weighted by Gasteiger charge is -2.03. The molecule has 1 N–H and O–H groups in total. The fourth-order valence-electron chi connectivity index (χ4n) is 1.20. The summed E-state index contributed by atoms with van der Waals surface area (Å²) in [6.07, 6.45) is 0. The summed E-state index contributed by atoms with van der Waals surface area (Å²) in [6, 6.07) is 4.39. The third-order valence-electron chi connectivity index (χ3n) is 1.94. The van der Waals surface area contributed by atoms with E-state index in [9.17, 15) is 4.39 Å². The molecule has 0 aliphatic rings. The fraction of sp³-hybridized carbons (Fsp3) is 0.200. The highest BCUT2D eigenvalue weighted by molar-refractivity contribution is 6.31. The van der Waals surface area contributed by atoms with Crippen molar-refractivity contribution in [2.45, 2.75) is 13.5 Å². The highest BCUT2D eigenvalue weighted by Gasteiger charge is 2.03. The summed E-state index contributed by atoms with van der Waals surface area (Å²) in [6.45, 7) is 2.12. The maximum Gasteiger partial charge on any atom is 0.223 e. The lowest BCUT2D eigenvalue weighted by atomic mass is 10.3. The Morgan fingerprint density at radius 3 is 2.94 bits per heavy atom. The lowest BCUT2D eigenvalue weighted by molar-refractivity contribution is 0.388. The number of hydrogen-bond donors (Lipinski definition) is 1. The van der Waals surface area contributed by atoms with Gasteiger partial charge in [-0.2, -0.15) is 4.98 Å². The average molecular weight is 242 g/mol. The first-order chi connectivity index (χ1) is 7.65. The molecule has 1 aromatic carbocycles. The molecule has 0 unspecified atom stereocenters. The predicted molar refractivity (Wildman–Crippen MR) is 57.8 cm³/mol. The van der Waals surface area contributed by atoms with Gasteiger partial charge in [0, 0.05) is 12.6 Å². The number of aryl methyl sites for hydroxylation is 1. The molecule has 1 heterocycles. The van der Waals surface area contributed by atoms with Crippen LogP contribution < -0.4 is 5.32 Å². The summed E-state index contributed by atoms with van der Waals surface area (Å²) in [5, 5.41) is 6.80. The average Bonchev–Trinajstić information content (AvgIpc) is 2.66. The van der Waals surface area contributed by atoms with Gasteiger partial charge in [0.05, 0.1) is 11.6 Å². The molecule has 0 amide bonds. The number of nitrogens with zero attached hydrogens (tertiary/aromatic N) is 2. The molecule has 0 fully saturated rings. The summed E-state index contributed by atoms with van der Waals surface area (Å²) in [7, 11) is 0. The molecule has 0 saturated carbocycles. The van der Waals surface area contributed by atoms with Gasteiger partial charge in [0.15, 0.2) is 5.82 Å². The van der Waals surface area contributed by atoms with Gasteiger partial charge < -0.3 is 9.84 Å². The topological polar surface area (TPSA) is 51.0 Å². The van der Waals surface area contributed by atoms with E-state index in [1.165, 1.54) is 12.1 Å². The third kappa shape index (κ3) is 2.49. The van der Waals surface area contributed by atoms with Crippen LogP contribution in [0.3, 0.4) is 0 Å². The van der Waals surface area contributed by atoms with Crippen molar-refractivity contribution in [2.75, 3.05) is 5.32 Å². The van der Waals surface area contributed by atoms with E-state index in [0.717, 1.165) is 0 Å². The van der Waals surface area contributed by atoms with Crippen LogP contribution in [0.2, 0.25) is 5.02 Å². The summed E-state index contributed by atoms with van der Waals surface area (Å²) in [5.41, 5.74) is 0.703. The fourth-order valence-corrected chi connectivity index (χ4v) is 1.38. The zero-order valence-electron chi connectivity index (χ0n) is 8.50. The Morgan fingerprint density at radius 1 is 1.50 bits per heavy atom. The molecule has 0 saturated heterocycles. The van der Waals surface area contributed by atoms with Crippen LogP contribution in [0.25, 0.3) is 0 Å². The van der Waals surface area contributed by atoms with Crippen molar-refractivity contribution in [3.05, 3.63) is 40.8 Å². The molecule has 2 rings (SSSR count). The molecule has 6 heteroatoms. The second-order valence-electron chi connectivity index (χ2n) is 3.21. The largest absolute Gasteiger partial charge is 0.378 e. The Morgan fingerprint density at radius 2 is 2.31 bits per heavy atom. The second kappa shape index (κ2) is 4.49. The van der Waals surface area contributed by atoms with E-state index in [1.54, 1.807) is 13.0 Å². The molecule has 0 bridgehead atoms. The number of anilines is 1. The van der Waals surface area contributed by atoms with Gasteiger partial charge in [0.25, 0.3) is 0 Å². The lowest BCUT2D eigenvalue weighted by Crippen LogP contribution is -2.01. The summed E-state index contributed by atoms with van der Waals surface area (Å²) in [5.74, 6) is 0.606. The molecular weight excluding hydrogens is 233 g/mol. The summed E-state index contributed by atoms with van der Waals surface area (Å²) in [4.78, 5) is 4.02. The highest BCUT2D eigenvalue weighted by Crippen LogP contribution is 2.19. The van der Waals surface area contributed by atoms with Gasteiger partial charge in [-0.15, -0.1) is 0 Å². The van der Waals surface area contributed by atoms with Gasteiger partial charge in [0.2, 0.25) is 5.89 Å². The number of benzene rings is 1. The van der Waals surface area contributed by atoms with Crippen LogP contribution in [-0.4, -0.2) is 10.1 Å². The minimum Gasteiger partial charge on any atom is -0.378 e. The Bertz CT molecular complexity index is 501. The van der Waals surface area contributed by atoms with Gasteiger partial charge in [-0.3, -0.25) is 0 Å². The molecule has 84 valence electrons. The maximum absolute atomic E-state index is 12.9. The molecule has 0 aliphatic heterocycles. The minimum atomic E-state index is -0.442. The van der Waals surface area contributed by atoms with E-state index in [4.69, 9.17) is 16.1 Å². The molecular formula is C10H9ClFN3O. The van der Waals surface area contributed by atoms with Gasteiger partial charge in [-0.25, -0.2) is 4.39 Å². The molecule has 1 aromatic heterocycles. The van der Waals surface area contributed by atoms with E-state index in [2.05, 4.69) is 15.5 Å². The Kier molecular flexibility index (Phi) is 3.05. The van der Waals surface area contributed by atoms with Crippen molar-refractivity contribution in [3.8, 4) is 0 Å². The number of rotatable bonds is 3. The van der Waals surface area contributed by atoms with Crippen molar-refractivity contribution < 1.29 is 8.91 Å². The van der Waals surface area contributed by atoms with E-state index in [-0.39, 0.29) is 5.02 Å². The number of aromatic nitrogens is 2. The van der Waals surface area contributed by atoms with Crippen molar-refractivity contribution in [3.63, 3.8) is 0 Å². The van der Waals surface area contributed by atoms with Crippen LogP contribution in [-0.2, 0) is 6.54 Å². The summed E-state index contributed by atoms with van der Waals surface area (Å²) < 4.78 is 17.7. The van der Waals surface area contributed by atoms with E-state index in [1.807, 2.05) is 0 Å². The third-order valence-corrected chi connectivity index (χ3v) is 2.23. The van der Waals surface area contributed by atoms with E-state index >= 15 is 0 Å². The Balaban J connectivity index is 2.02. The van der Waals surface area contributed by atoms with Crippen molar-refractivity contribution in [1.29, 1.82) is 0 Å². The Labute approximate surface area is 96.4 Å². The molecule has 2 aromatic rings. The van der Waals surface area contributed by atoms with Crippen LogP contribution in [0.1, 0.15) is 11.7 Å². The van der Waals surface area contributed by atoms with Gasteiger partial charge in [0.1, 0.15) is 5.82 Å². The van der Waals surface area contributed by atoms with E-state index < -0.39 is 5.82 Å². The van der Waals surface area contributed by atoms with Crippen LogP contribution in [0.5, 0.6) is 0 Å². The zero-order chi connectivity index (χ0) is 11.5. The minimum absolute atomic E-state index is 0.0780. The van der Waals surface area contributed by atoms with E-state index in [0.29, 0.717) is 23.9 Å². The number of hydrogen-bond acceptors (Lipinski definition) is 4. The van der Waals surface area contributed by atoms with Crippen molar-refractivity contribution in [2.24, 2.45) is 0 Å². The van der Waals surface area contributed by atoms with Gasteiger partial charge in [-0.05, 0) is 18.2 Å². The number of nitrogens with one attached hydrogen (secondary N) is 1. The quantitative estimate of drug-likeness (QED) is 0.898. The van der Waals surface area contributed by atoms with Crippen LogP contribution >= 0.6 is 11.6 Å². The molecule has 0 spiro atoms. The smallest absolute Gasteiger partial charge is 0.223 e. The second-order valence-corrected chi connectivity index (χ2v) is 3.62. The first-order valence-electron chi connectivity index (χ1n) is 4.63. The van der Waals surface area contributed by atoms with Crippen molar-refractivity contribution >= 4 is 17.3 Å². The molecule has 0 atom stereocenters. The highest BCUT2D eigenvalue weighted by atomic mass is 35.5. The Hall–Kier alpha value is -1.62. The standard InChI is InChI=1S/C10H9ClFN3O/c1-6-14-10(15-16-6)5-13-7-2-3-9(12)8(11)4-7/h2-4,13H,5H2,1H3. The van der Waals surface area contributed by atoms with Crippen molar-refractivity contribution in [1.82, 2.24) is 10.1 Å². The van der Waals surface area contributed by atoms with Crippen LogP contribution in [0, 0.1) is 12.7 Å². The normalized spacial score (nSPS) is 10.4. The summed E-state index contributed by atoms with van der Waals surface area (Å²) >= 11 is 5.63. The predicted octanol–water partition coefficient (Wildman–Crippen LogP) is 2.78. The van der Waals surface area contributed by atoms with Gasteiger partial charge in [-0.1, -0.05) is 16.8 Å². The van der Waals surface area contributed by atoms with Crippen LogP contribution in [0.15, 0.2) is 22.7 Å². The molecule has 0 radical (unpaired) electrons. The molecule has 16 heavy (non-hydrogen) atoms. The molecule has 0 aliphatic carbocycles. The maximum atomic E-state index is 12.9. The first kappa shape index (κ1) is 10.9. The van der Waals surface area contributed by atoms with Gasteiger partial charge >= 0.3 is 0 Å².